The van der Waals surface area contributed by atoms with E-state index in [0.29, 0.717) is 12.0 Å². The first-order chi connectivity index (χ1) is 12.0. The monoisotopic (exact) mass is 381 g/mol. The number of nitrogens with zero attached hydrogens (tertiary/aromatic N) is 1. The fourth-order valence-corrected chi connectivity index (χ4v) is 4.93. The lowest BCUT2D eigenvalue weighted by atomic mass is 10.1. The minimum absolute atomic E-state index is 0.114. The molecule has 0 aromatic heterocycles. The Morgan fingerprint density at radius 3 is 2.80 bits per heavy atom. The summed E-state index contributed by atoms with van der Waals surface area (Å²) in [6.45, 7) is 0. The average Bonchev–Trinajstić information content (AvgIpc) is 3.18. The lowest BCUT2D eigenvalue weighted by Gasteiger charge is -2.17. The van der Waals surface area contributed by atoms with Crippen LogP contribution in [0.15, 0.2) is 34.2 Å². The van der Waals surface area contributed by atoms with Gasteiger partial charge >= 0.3 is 0 Å². The summed E-state index contributed by atoms with van der Waals surface area (Å²) in [6.07, 6.45) is 6.85. The molecule has 1 aliphatic carbocycles. The molecule has 0 radical (unpaired) electrons. The zero-order valence-electron chi connectivity index (χ0n) is 14.2. The number of thioether (sulfide) groups is 1. The number of fused-ring (bicyclic) bond motifs is 1. The number of benzene rings is 1. The average molecular weight is 382 g/mol. The van der Waals surface area contributed by atoms with Crippen LogP contribution in [-0.4, -0.2) is 44.3 Å². The molecule has 1 aromatic carbocycles. The first kappa shape index (κ1) is 18.3. The van der Waals surface area contributed by atoms with Crippen LogP contribution in [-0.2, 0) is 14.8 Å². The molecule has 8 heteroatoms. The normalized spacial score (nSPS) is 21.7. The number of hydrogen-bond acceptors (Lipinski definition) is 5. The van der Waals surface area contributed by atoms with Gasteiger partial charge in [-0.2, -0.15) is 11.8 Å². The van der Waals surface area contributed by atoms with E-state index in [9.17, 15) is 13.2 Å². The van der Waals surface area contributed by atoms with Crippen molar-refractivity contribution in [2.45, 2.75) is 49.1 Å². The summed E-state index contributed by atoms with van der Waals surface area (Å²) in [5.74, 6) is 0.939. The third-order valence-corrected chi connectivity index (χ3v) is 6.59. The molecule has 1 saturated carbocycles. The Morgan fingerprint density at radius 1 is 1.36 bits per heavy atom. The Hall–Kier alpha value is -1.54. The van der Waals surface area contributed by atoms with Crippen LogP contribution in [0.25, 0.3) is 0 Å². The molecule has 1 atom stereocenters. The maximum atomic E-state index is 12.7. The number of aliphatic imine (C=N–C) groups is 1. The van der Waals surface area contributed by atoms with Gasteiger partial charge in [0.15, 0.2) is 0 Å². The number of carbonyl (C=O) groups excluding carboxylic acids is 1. The molecule has 1 aliphatic heterocycles. The topological polar surface area (TPSA) is 87.6 Å². The number of amidine groups is 1. The number of sulfonamides is 1. The summed E-state index contributed by atoms with van der Waals surface area (Å²) >= 11 is 1.65. The first-order valence-electron chi connectivity index (χ1n) is 8.50. The standard InChI is InChI=1S/C17H23N3O3S2/c1-24-11-10-14(17(21)18-12-6-2-3-7-12)19-16-13-8-4-5-9-15(13)25(22,23)20-16/h4-5,8-9,12,14H,2-3,6-7,10-11H2,1H3,(H,18,21)(H,19,20). The summed E-state index contributed by atoms with van der Waals surface area (Å²) in [5.41, 5.74) is 0.533. The van der Waals surface area contributed by atoms with E-state index in [1.54, 1.807) is 36.0 Å². The molecule has 0 spiro atoms. The van der Waals surface area contributed by atoms with Crippen LogP contribution < -0.4 is 10.0 Å². The maximum absolute atomic E-state index is 12.7. The van der Waals surface area contributed by atoms with Gasteiger partial charge in [-0.1, -0.05) is 25.0 Å². The number of carbonyl (C=O) groups is 1. The van der Waals surface area contributed by atoms with Gasteiger partial charge in [0.1, 0.15) is 11.9 Å². The highest BCUT2D eigenvalue weighted by molar-refractivity contribution is 7.98. The van der Waals surface area contributed by atoms with Gasteiger partial charge in [-0.05, 0) is 43.4 Å². The number of rotatable bonds is 6. The van der Waals surface area contributed by atoms with Crippen LogP contribution in [0.2, 0.25) is 0 Å². The molecule has 1 amide bonds. The third kappa shape index (κ3) is 4.17. The van der Waals surface area contributed by atoms with Gasteiger partial charge in [0.25, 0.3) is 10.0 Å². The fourth-order valence-electron chi connectivity index (χ4n) is 3.24. The lowest BCUT2D eigenvalue weighted by molar-refractivity contribution is -0.123. The molecule has 2 aliphatic rings. The second-order valence-corrected chi connectivity index (χ2v) is 9.00. The first-order valence-corrected chi connectivity index (χ1v) is 11.4. The van der Waals surface area contributed by atoms with E-state index < -0.39 is 16.1 Å². The SMILES string of the molecule is CSCCC(N=C1NS(=O)(=O)c2ccccc21)C(=O)NC1CCCC1. The molecular formula is C17H23N3O3S2. The lowest BCUT2D eigenvalue weighted by Crippen LogP contribution is -2.40. The van der Waals surface area contributed by atoms with Crippen LogP contribution in [0.5, 0.6) is 0 Å². The largest absolute Gasteiger partial charge is 0.352 e. The Kier molecular flexibility index (Phi) is 5.68. The Morgan fingerprint density at radius 2 is 2.08 bits per heavy atom. The van der Waals surface area contributed by atoms with Crippen LogP contribution in [0.4, 0.5) is 0 Å². The second kappa shape index (κ2) is 7.78. The third-order valence-electron chi connectivity index (χ3n) is 4.55. The second-order valence-electron chi connectivity index (χ2n) is 6.37. The molecule has 1 heterocycles. The zero-order valence-corrected chi connectivity index (χ0v) is 15.8. The van der Waals surface area contributed by atoms with E-state index in [4.69, 9.17) is 0 Å². The highest BCUT2D eigenvalue weighted by Crippen LogP contribution is 2.23. The number of amides is 1. The van der Waals surface area contributed by atoms with Crippen molar-refractivity contribution in [2.75, 3.05) is 12.0 Å². The number of nitrogens with one attached hydrogen (secondary N) is 2. The van der Waals surface area contributed by atoms with E-state index >= 15 is 0 Å². The number of hydrogen-bond donors (Lipinski definition) is 2. The highest BCUT2D eigenvalue weighted by atomic mass is 32.2. The summed E-state index contributed by atoms with van der Waals surface area (Å²) in [6, 6.07) is 6.35. The Labute approximate surface area is 152 Å². The van der Waals surface area contributed by atoms with E-state index in [2.05, 4.69) is 15.0 Å². The molecule has 1 aromatic rings. The molecule has 1 fully saturated rings. The predicted molar refractivity (Wildman–Crippen MR) is 100 cm³/mol. The van der Waals surface area contributed by atoms with Crippen molar-refractivity contribution >= 4 is 33.5 Å². The minimum atomic E-state index is -3.59. The van der Waals surface area contributed by atoms with Crippen molar-refractivity contribution in [2.24, 2.45) is 4.99 Å². The molecule has 1 unspecified atom stereocenters. The molecule has 2 N–H and O–H groups in total. The summed E-state index contributed by atoms with van der Waals surface area (Å²) in [5, 5.41) is 3.07. The van der Waals surface area contributed by atoms with Crippen LogP contribution in [0.3, 0.4) is 0 Å². The fraction of sp³-hybridized carbons (Fsp3) is 0.529. The Balaban J connectivity index is 1.84. The van der Waals surface area contributed by atoms with Gasteiger partial charge < -0.3 is 5.32 Å². The van der Waals surface area contributed by atoms with Gasteiger partial charge in [-0.15, -0.1) is 0 Å². The van der Waals surface area contributed by atoms with Gasteiger partial charge in [0, 0.05) is 11.6 Å². The van der Waals surface area contributed by atoms with Crippen molar-refractivity contribution in [1.29, 1.82) is 0 Å². The van der Waals surface area contributed by atoms with Crippen molar-refractivity contribution in [3.8, 4) is 0 Å². The smallest absolute Gasteiger partial charge is 0.263 e. The quantitative estimate of drug-likeness (QED) is 0.788. The molecule has 0 saturated heterocycles. The van der Waals surface area contributed by atoms with E-state index in [1.165, 1.54) is 0 Å². The van der Waals surface area contributed by atoms with E-state index in [0.717, 1.165) is 31.4 Å². The molecule has 3 rings (SSSR count). The highest BCUT2D eigenvalue weighted by Gasteiger charge is 2.32. The van der Waals surface area contributed by atoms with Gasteiger partial charge in [0.2, 0.25) is 5.91 Å². The predicted octanol–water partition coefficient (Wildman–Crippen LogP) is 1.91. The van der Waals surface area contributed by atoms with E-state index in [1.807, 2.05) is 6.26 Å². The molecular weight excluding hydrogens is 358 g/mol. The van der Waals surface area contributed by atoms with Crippen LogP contribution in [0.1, 0.15) is 37.7 Å². The van der Waals surface area contributed by atoms with E-state index in [-0.39, 0.29) is 22.7 Å². The van der Waals surface area contributed by atoms with Crippen molar-refractivity contribution < 1.29 is 13.2 Å². The van der Waals surface area contributed by atoms with Gasteiger partial charge in [-0.25, -0.2) is 8.42 Å². The molecule has 136 valence electrons. The molecule has 25 heavy (non-hydrogen) atoms. The van der Waals surface area contributed by atoms with Crippen molar-refractivity contribution in [3.63, 3.8) is 0 Å². The summed E-state index contributed by atoms with van der Waals surface area (Å²) in [4.78, 5) is 17.4. The summed E-state index contributed by atoms with van der Waals surface area (Å²) < 4.78 is 26.9. The maximum Gasteiger partial charge on any atom is 0.263 e. The summed E-state index contributed by atoms with van der Waals surface area (Å²) in [7, 11) is -3.59. The Bertz CT molecular complexity index is 771. The van der Waals surface area contributed by atoms with Crippen LogP contribution in [0, 0.1) is 0 Å². The minimum Gasteiger partial charge on any atom is -0.352 e. The van der Waals surface area contributed by atoms with Gasteiger partial charge in [-0.3, -0.25) is 14.5 Å². The molecule has 0 bridgehead atoms. The van der Waals surface area contributed by atoms with Crippen molar-refractivity contribution in [1.82, 2.24) is 10.0 Å². The van der Waals surface area contributed by atoms with Crippen LogP contribution >= 0.6 is 11.8 Å². The van der Waals surface area contributed by atoms with Crippen molar-refractivity contribution in [3.05, 3.63) is 29.8 Å². The zero-order chi connectivity index (χ0) is 17.9. The molecule has 6 nitrogen and oxygen atoms in total. The van der Waals surface area contributed by atoms with Gasteiger partial charge in [0.05, 0.1) is 4.90 Å².